The SMILES string of the molecule is O=C(Nc1cc(F)c(Br)cc1F)c1ccc2c(c1)CCC2. The zero-order valence-corrected chi connectivity index (χ0v) is 12.6. The third kappa shape index (κ3) is 2.83. The van der Waals surface area contributed by atoms with Crippen molar-refractivity contribution in [1.82, 2.24) is 0 Å². The predicted octanol–water partition coefficient (Wildman–Crippen LogP) is 4.47. The van der Waals surface area contributed by atoms with E-state index in [-0.39, 0.29) is 10.2 Å². The highest BCUT2D eigenvalue weighted by Gasteiger charge is 2.16. The van der Waals surface area contributed by atoms with Gasteiger partial charge in [0.25, 0.3) is 5.91 Å². The van der Waals surface area contributed by atoms with Gasteiger partial charge in [-0.2, -0.15) is 0 Å². The van der Waals surface area contributed by atoms with Gasteiger partial charge in [0.1, 0.15) is 11.6 Å². The monoisotopic (exact) mass is 351 g/mol. The summed E-state index contributed by atoms with van der Waals surface area (Å²) in [4.78, 5) is 12.2. The van der Waals surface area contributed by atoms with Gasteiger partial charge < -0.3 is 5.32 Å². The van der Waals surface area contributed by atoms with Crippen molar-refractivity contribution in [2.45, 2.75) is 19.3 Å². The molecule has 1 N–H and O–H groups in total. The summed E-state index contributed by atoms with van der Waals surface area (Å²) in [6.07, 6.45) is 3.08. The van der Waals surface area contributed by atoms with Crippen LogP contribution < -0.4 is 5.32 Å². The number of hydrogen-bond donors (Lipinski definition) is 1. The summed E-state index contributed by atoms with van der Waals surface area (Å²) in [5, 5.41) is 2.41. The third-order valence-corrected chi connectivity index (χ3v) is 4.23. The standard InChI is InChI=1S/C16H12BrF2NO/c17-12-7-14(19)15(8-13(12)18)20-16(21)11-5-4-9-2-1-3-10(9)6-11/h4-8H,1-3H2,(H,20,21). The molecule has 108 valence electrons. The van der Waals surface area contributed by atoms with Crippen molar-refractivity contribution in [3.05, 3.63) is 63.1 Å². The molecule has 2 nitrogen and oxygen atoms in total. The molecule has 5 heteroatoms. The van der Waals surface area contributed by atoms with Crippen LogP contribution >= 0.6 is 15.9 Å². The van der Waals surface area contributed by atoms with Crippen molar-refractivity contribution in [2.24, 2.45) is 0 Å². The summed E-state index contributed by atoms with van der Waals surface area (Å²) in [6, 6.07) is 7.42. The van der Waals surface area contributed by atoms with Gasteiger partial charge in [0.2, 0.25) is 0 Å². The van der Waals surface area contributed by atoms with Crippen LogP contribution in [0.1, 0.15) is 27.9 Å². The average Bonchev–Trinajstić information content (AvgIpc) is 2.92. The fraction of sp³-hybridized carbons (Fsp3) is 0.188. The molecule has 0 aliphatic heterocycles. The Morgan fingerprint density at radius 3 is 2.62 bits per heavy atom. The number of amides is 1. The van der Waals surface area contributed by atoms with E-state index in [1.54, 1.807) is 6.07 Å². The molecule has 2 aromatic rings. The first kappa shape index (κ1) is 14.2. The first-order chi connectivity index (χ1) is 10.0. The number of benzene rings is 2. The third-order valence-electron chi connectivity index (χ3n) is 3.62. The van der Waals surface area contributed by atoms with Gasteiger partial charge in [-0.05, 0) is 64.5 Å². The zero-order chi connectivity index (χ0) is 15.0. The van der Waals surface area contributed by atoms with Gasteiger partial charge in [-0.15, -0.1) is 0 Å². The van der Waals surface area contributed by atoms with Crippen molar-refractivity contribution in [2.75, 3.05) is 5.32 Å². The van der Waals surface area contributed by atoms with Crippen LogP contribution in [0.15, 0.2) is 34.8 Å². The number of aryl methyl sites for hydroxylation is 2. The number of rotatable bonds is 2. The number of carbonyl (C=O) groups is 1. The van der Waals surface area contributed by atoms with Gasteiger partial charge in [-0.1, -0.05) is 6.07 Å². The lowest BCUT2D eigenvalue weighted by Gasteiger charge is -2.09. The first-order valence-electron chi connectivity index (χ1n) is 6.62. The molecule has 1 aliphatic carbocycles. The van der Waals surface area contributed by atoms with Crippen molar-refractivity contribution in [1.29, 1.82) is 0 Å². The van der Waals surface area contributed by atoms with Gasteiger partial charge in [0.15, 0.2) is 0 Å². The zero-order valence-electron chi connectivity index (χ0n) is 11.1. The second-order valence-electron chi connectivity index (χ2n) is 5.04. The van der Waals surface area contributed by atoms with Gasteiger partial charge in [0, 0.05) is 11.6 Å². The molecular weight excluding hydrogens is 340 g/mol. The van der Waals surface area contributed by atoms with E-state index in [1.807, 2.05) is 12.1 Å². The van der Waals surface area contributed by atoms with Crippen molar-refractivity contribution < 1.29 is 13.6 Å². The van der Waals surface area contributed by atoms with E-state index in [2.05, 4.69) is 21.2 Å². The highest BCUT2D eigenvalue weighted by atomic mass is 79.9. The summed E-state index contributed by atoms with van der Waals surface area (Å²) in [5.74, 6) is -1.75. The molecule has 0 atom stereocenters. The maximum absolute atomic E-state index is 13.7. The molecule has 1 amide bonds. The van der Waals surface area contributed by atoms with Gasteiger partial charge in [-0.25, -0.2) is 8.78 Å². The number of fused-ring (bicyclic) bond motifs is 1. The van der Waals surface area contributed by atoms with Crippen LogP contribution in [0.2, 0.25) is 0 Å². The van der Waals surface area contributed by atoms with E-state index in [0.29, 0.717) is 5.56 Å². The van der Waals surface area contributed by atoms with E-state index in [4.69, 9.17) is 0 Å². The second kappa shape index (κ2) is 5.56. The number of carbonyl (C=O) groups excluding carboxylic acids is 1. The van der Waals surface area contributed by atoms with Crippen LogP contribution in [0, 0.1) is 11.6 Å². The number of nitrogens with one attached hydrogen (secondary N) is 1. The van der Waals surface area contributed by atoms with Crippen LogP contribution in [-0.2, 0) is 12.8 Å². The highest BCUT2D eigenvalue weighted by molar-refractivity contribution is 9.10. The van der Waals surface area contributed by atoms with Crippen LogP contribution in [-0.4, -0.2) is 5.91 Å². The fourth-order valence-electron chi connectivity index (χ4n) is 2.53. The molecular formula is C16H12BrF2NO. The largest absolute Gasteiger partial charge is 0.319 e. The minimum atomic E-state index is -0.683. The Balaban J connectivity index is 1.85. The van der Waals surface area contributed by atoms with Crippen LogP contribution in [0.25, 0.3) is 0 Å². The van der Waals surface area contributed by atoms with E-state index < -0.39 is 17.5 Å². The van der Waals surface area contributed by atoms with Crippen molar-refractivity contribution in [3.63, 3.8) is 0 Å². The lowest BCUT2D eigenvalue weighted by atomic mass is 10.1. The normalized spacial score (nSPS) is 13.1. The predicted molar refractivity (Wildman–Crippen MR) is 80.5 cm³/mol. The van der Waals surface area contributed by atoms with Gasteiger partial charge in [0.05, 0.1) is 10.2 Å². The number of anilines is 1. The van der Waals surface area contributed by atoms with Crippen LogP contribution in [0.4, 0.5) is 14.5 Å². The van der Waals surface area contributed by atoms with Gasteiger partial charge >= 0.3 is 0 Å². The molecule has 0 aromatic heterocycles. The molecule has 0 bridgehead atoms. The summed E-state index contributed by atoms with van der Waals surface area (Å²) < 4.78 is 27.2. The molecule has 3 rings (SSSR count). The maximum Gasteiger partial charge on any atom is 0.255 e. The summed E-state index contributed by atoms with van der Waals surface area (Å²) in [7, 11) is 0. The molecule has 0 spiro atoms. The maximum atomic E-state index is 13.7. The Hall–Kier alpha value is -1.75. The smallest absolute Gasteiger partial charge is 0.255 e. The van der Waals surface area contributed by atoms with E-state index >= 15 is 0 Å². The average molecular weight is 352 g/mol. The van der Waals surface area contributed by atoms with Gasteiger partial charge in [-0.3, -0.25) is 4.79 Å². The van der Waals surface area contributed by atoms with Crippen molar-refractivity contribution in [3.8, 4) is 0 Å². The van der Waals surface area contributed by atoms with Crippen molar-refractivity contribution >= 4 is 27.5 Å². The quantitative estimate of drug-likeness (QED) is 0.794. The molecule has 0 radical (unpaired) electrons. The van der Waals surface area contributed by atoms with E-state index in [9.17, 15) is 13.6 Å². The van der Waals surface area contributed by atoms with Crippen LogP contribution in [0.3, 0.4) is 0 Å². The molecule has 1 aliphatic rings. The number of hydrogen-bond acceptors (Lipinski definition) is 1. The van der Waals surface area contributed by atoms with E-state index in [1.165, 1.54) is 5.56 Å². The van der Waals surface area contributed by atoms with E-state index in [0.717, 1.165) is 37.0 Å². The lowest BCUT2D eigenvalue weighted by molar-refractivity contribution is 0.102. The molecule has 0 saturated heterocycles. The molecule has 0 fully saturated rings. The first-order valence-corrected chi connectivity index (χ1v) is 7.41. The molecule has 0 saturated carbocycles. The Labute approximate surface area is 129 Å². The molecule has 21 heavy (non-hydrogen) atoms. The summed E-state index contributed by atoms with van der Waals surface area (Å²) in [6.45, 7) is 0. The topological polar surface area (TPSA) is 29.1 Å². The minimum absolute atomic E-state index is 0.0236. The molecule has 2 aromatic carbocycles. The summed E-state index contributed by atoms with van der Waals surface area (Å²) in [5.41, 5.74) is 2.71. The fourth-order valence-corrected chi connectivity index (χ4v) is 2.84. The second-order valence-corrected chi connectivity index (χ2v) is 5.89. The van der Waals surface area contributed by atoms with Crippen LogP contribution in [0.5, 0.6) is 0 Å². The Morgan fingerprint density at radius 1 is 1.05 bits per heavy atom. The highest BCUT2D eigenvalue weighted by Crippen LogP contribution is 2.25. The Morgan fingerprint density at radius 2 is 1.81 bits per heavy atom. The summed E-state index contributed by atoms with van der Waals surface area (Å²) >= 11 is 2.90. The number of halogens is 3. The molecule has 0 unspecified atom stereocenters. The lowest BCUT2D eigenvalue weighted by Crippen LogP contribution is -2.13. The Kier molecular flexibility index (Phi) is 3.76. The minimum Gasteiger partial charge on any atom is -0.319 e. The molecule has 0 heterocycles. The Bertz CT molecular complexity index is 730.